The summed E-state index contributed by atoms with van der Waals surface area (Å²) in [4.78, 5) is 14.6. The van der Waals surface area contributed by atoms with E-state index in [1.165, 1.54) is 29.5 Å². The molecule has 0 aliphatic carbocycles. The van der Waals surface area contributed by atoms with Crippen LogP contribution in [0.1, 0.15) is 33.1 Å². The summed E-state index contributed by atoms with van der Waals surface area (Å²) in [6, 6.07) is 10.5. The number of aromatic nitrogens is 2. The zero-order chi connectivity index (χ0) is 17.1. The predicted molar refractivity (Wildman–Crippen MR) is 103 cm³/mol. The van der Waals surface area contributed by atoms with E-state index in [4.69, 9.17) is 12.2 Å². The van der Waals surface area contributed by atoms with Gasteiger partial charge < -0.3 is 4.90 Å². The molecule has 7 heteroatoms. The van der Waals surface area contributed by atoms with Gasteiger partial charge in [-0.1, -0.05) is 41.3 Å². The summed E-state index contributed by atoms with van der Waals surface area (Å²) in [6.45, 7) is 4.29. The van der Waals surface area contributed by atoms with Gasteiger partial charge in [-0.3, -0.25) is 4.79 Å². The number of nitrogens with zero attached hydrogens (tertiary/aromatic N) is 3. The van der Waals surface area contributed by atoms with Crippen LogP contribution in [-0.4, -0.2) is 38.4 Å². The molecular weight excluding hydrogens is 358 g/mol. The minimum atomic E-state index is 0.201. The SMILES string of the molecule is CC1CCCC(C)N1C(=O)CSc1nn(-c2ccccc2)c(=S)s1. The zero-order valence-corrected chi connectivity index (χ0v) is 16.3. The molecular formula is C17H21N3OS3. The third-order valence-electron chi connectivity index (χ3n) is 4.33. The van der Waals surface area contributed by atoms with Crippen LogP contribution in [0.3, 0.4) is 0 Å². The summed E-state index contributed by atoms with van der Waals surface area (Å²) >= 11 is 8.35. The number of hydrogen-bond acceptors (Lipinski definition) is 5. The predicted octanol–water partition coefficient (Wildman–Crippen LogP) is 4.54. The molecule has 2 atom stereocenters. The number of hydrogen-bond donors (Lipinski definition) is 0. The Labute approximate surface area is 155 Å². The molecule has 4 nitrogen and oxygen atoms in total. The van der Waals surface area contributed by atoms with E-state index in [-0.39, 0.29) is 5.91 Å². The van der Waals surface area contributed by atoms with Crippen LogP contribution in [0.5, 0.6) is 0 Å². The molecule has 1 aliphatic heterocycles. The third-order valence-corrected chi connectivity index (χ3v) is 6.68. The molecule has 128 valence electrons. The second kappa shape index (κ2) is 7.80. The van der Waals surface area contributed by atoms with Crippen molar-refractivity contribution >= 4 is 41.2 Å². The van der Waals surface area contributed by atoms with E-state index in [9.17, 15) is 4.79 Å². The Kier molecular flexibility index (Phi) is 5.73. The number of carbonyl (C=O) groups is 1. The summed E-state index contributed by atoms with van der Waals surface area (Å²) in [5.74, 6) is 0.623. The summed E-state index contributed by atoms with van der Waals surface area (Å²) in [6.07, 6.45) is 3.41. The van der Waals surface area contributed by atoms with Gasteiger partial charge in [0.15, 0.2) is 8.29 Å². The molecule has 1 amide bonds. The maximum atomic E-state index is 12.6. The normalized spacial score (nSPS) is 21.0. The van der Waals surface area contributed by atoms with Gasteiger partial charge in [-0.15, -0.1) is 5.10 Å². The lowest BCUT2D eigenvalue weighted by atomic mass is 9.98. The number of para-hydroxylation sites is 1. The fourth-order valence-corrected chi connectivity index (χ4v) is 5.39. The number of rotatable bonds is 4. The van der Waals surface area contributed by atoms with Crippen LogP contribution in [0.25, 0.3) is 5.69 Å². The summed E-state index contributed by atoms with van der Waals surface area (Å²) in [7, 11) is 0. The summed E-state index contributed by atoms with van der Waals surface area (Å²) in [5, 5.41) is 4.56. The fourth-order valence-electron chi connectivity index (χ4n) is 3.16. The van der Waals surface area contributed by atoms with Crippen molar-refractivity contribution in [1.29, 1.82) is 0 Å². The molecule has 0 N–H and O–H groups in total. The number of amides is 1. The fraction of sp³-hybridized carbons (Fsp3) is 0.471. The van der Waals surface area contributed by atoms with Gasteiger partial charge in [0.1, 0.15) is 0 Å². The van der Waals surface area contributed by atoms with E-state index in [1.807, 2.05) is 35.2 Å². The van der Waals surface area contributed by atoms with E-state index in [0.29, 0.717) is 21.8 Å². The number of carbonyl (C=O) groups excluding carboxylic acids is 1. The Morgan fingerprint density at radius 1 is 1.29 bits per heavy atom. The van der Waals surface area contributed by atoms with Crippen LogP contribution in [-0.2, 0) is 4.79 Å². The molecule has 1 aromatic carbocycles. The van der Waals surface area contributed by atoms with Crippen LogP contribution in [0.15, 0.2) is 34.7 Å². The molecule has 0 spiro atoms. The number of thioether (sulfide) groups is 1. The Hall–Kier alpha value is -1.18. The highest BCUT2D eigenvalue weighted by atomic mass is 32.2. The van der Waals surface area contributed by atoms with E-state index >= 15 is 0 Å². The monoisotopic (exact) mass is 379 g/mol. The highest BCUT2D eigenvalue weighted by Crippen LogP contribution is 2.27. The largest absolute Gasteiger partial charge is 0.337 e. The van der Waals surface area contributed by atoms with Gasteiger partial charge in [0.2, 0.25) is 5.91 Å². The highest BCUT2D eigenvalue weighted by molar-refractivity contribution is 8.01. The van der Waals surface area contributed by atoms with Gasteiger partial charge in [0.05, 0.1) is 11.4 Å². The zero-order valence-electron chi connectivity index (χ0n) is 13.8. The molecule has 1 saturated heterocycles. The minimum Gasteiger partial charge on any atom is -0.337 e. The first-order chi connectivity index (χ1) is 11.6. The Morgan fingerprint density at radius 2 is 1.96 bits per heavy atom. The molecule has 0 bridgehead atoms. The minimum absolute atomic E-state index is 0.201. The van der Waals surface area contributed by atoms with Gasteiger partial charge in [-0.05, 0) is 57.5 Å². The van der Waals surface area contributed by atoms with Gasteiger partial charge in [-0.25, -0.2) is 4.68 Å². The van der Waals surface area contributed by atoms with Crippen molar-refractivity contribution in [3.63, 3.8) is 0 Å². The highest BCUT2D eigenvalue weighted by Gasteiger charge is 2.28. The lowest BCUT2D eigenvalue weighted by molar-refractivity contribution is -0.134. The number of piperidine rings is 1. The van der Waals surface area contributed by atoms with Crippen LogP contribution in [0.2, 0.25) is 0 Å². The quantitative estimate of drug-likeness (QED) is 0.577. The van der Waals surface area contributed by atoms with Crippen molar-refractivity contribution in [3.8, 4) is 5.69 Å². The van der Waals surface area contributed by atoms with Crippen LogP contribution in [0, 0.1) is 3.95 Å². The van der Waals surface area contributed by atoms with Crippen LogP contribution in [0.4, 0.5) is 0 Å². The molecule has 2 aromatic rings. The summed E-state index contributed by atoms with van der Waals surface area (Å²) in [5.41, 5.74) is 0.954. The van der Waals surface area contributed by atoms with Crippen molar-refractivity contribution < 1.29 is 4.79 Å². The van der Waals surface area contributed by atoms with E-state index in [0.717, 1.165) is 22.9 Å². The van der Waals surface area contributed by atoms with Crippen molar-refractivity contribution in [2.24, 2.45) is 0 Å². The van der Waals surface area contributed by atoms with E-state index in [1.54, 1.807) is 4.68 Å². The van der Waals surface area contributed by atoms with Crippen LogP contribution >= 0.6 is 35.3 Å². The lowest BCUT2D eigenvalue weighted by Crippen LogP contribution is -2.48. The Morgan fingerprint density at radius 3 is 2.62 bits per heavy atom. The van der Waals surface area contributed by atoms with Gasteiger partial charge >= 0.3 is 0 Å². The first-order valence-corrected chi connectivity index (χ1v) is 10.4. The molecule has 0 radical (unpaired) electrons. The maximum Gasteiger partial charge on any atom is 0.233 e. The topological polar surface area (TPSA) is 38.1 Å². The van der Waals surface area contributed by atoms with Gasteiger partial charge in [0.25, 0.3) is 0 Å². The number of likely N-dealkylation sites (tertiary alicyclic amines) is 1. The smallest absolute Gasteiger partial charge is 0.233 e. The van der Waals surface area contributed by atoms with Crippen molar-refractivity contribution in [2.75, 3.05) is 5.75 Å². The molecule has 1 fully saturated rings. The lowest BCUT2D eigenvalue weighted by Gasteiger charge is -2.39. The van der Waals surface area contributed by atoms with Gasteiger partial charge in [-0.2, -0.15) is 0 Å². The van der Waals surface area contributed by atoms with Crippen molar-refractivity contribution in [3.05, 3.63) is 34.3 Å². The van der Waals surface area contributed by atoms with E-state index in [2.05, 4.69) is 18.9 Å². The van der Waals surface area contributed by atoms with Crippen molar-refractivity contribution in [1.82, 2.24) is 14.7 Å². The first kappa shape index (κ1) is 17.6. The van der Waals surface area contributed by atoms with Crippen LogP contribution < -0.4 is 0 Å². The molecule has 1 aromatic heterocycles. The van der Waals surface area contributed by atoms with Gasteiger partial charge in [0, 0.05) is 12.1 Å². The first-order valence-electron chi connectivity index (χ1n) is 8.16. The second-order valence-corrected chi connectivity index (χ2v) is 8.94. The molecule has 2 heterocycles. The number of benzene rings is 1. The molecule has 2 unspecified atom stereocenters. The Balaban J connectivity index is 1.67. The molecule has 24 heavy (non-hydrogen) atoms. The summed E-state index contributed by atoms with van der Waals surface area (Å²) < 4.78 is 3.31. The second-order valence-electron chi connectivity index (χ2n) is 6.10. The molecule has 0 saturated carbocycles. The molecule has 1 aliphatic rings. The standard InChI is InChI=1S/C17H21N3OS3/c1-12-7-6-8-13(2)19(12)15(21)11-23-16-18-20(17(22)24-16)14-9-4-3-5-10-14/h3-5,9-10,12-13H,6-8,11H2,1-2H3. The third kappa shape index (κ3) is 3.90. The average Bonchev–Trinajstić information content (AvgIpc) is 2.94. The Bertz CT molecular complexity index is 746. The average molecular weight is 380 g/mol. The van der Waals surface area contributed by atoms with E-state index < -0.39 is 0 Å². The molecule has 3 rings (SSSR count). The van der Waals surface area contributed by atoms with Crippen molar-refractivity contribution in [2.45, 2.75) is 49.5 Å². The maximum absolute atomic E-state index is 12.6.